The molecule has 3 N–H and O–H groups in total. The minimum absolute atomic E-state index is 0.000746. The predicted octanol–water partition coefficient (Wildman–Crippen LogP) is 4.01. The molecule has 1 aliphatic carbocycles. The van der Waals surface area contributed by atoms with Gasteiger partial charge in [-0.05, 0) is 50.5 Å². The highest BCUT2D eigenvalue weighted by Gasteiger charge is 2.35. The molecule has 1 fully saturated rings. The van der Waals surface area contributed by atoms with Crippen molar-refractivity contribution in [1.29, 1.82) is 0 Å². The number of esters is 1. The molecule has 2 amide bonds. The van der Waals surface area contributed by atoms with Gasteiger partial charge >= 0.3 is 5.97 Å². The number of hydrogen-bond acceptors (Lipinski definition) is 5. The molecular weight excluding hydrogens is 456 g/mol. The Morgan fingerprint density at radius 3 is 2.44 bits per heavy atom. The first-order chi connectivity index (χ1) is 17.4. The number of benzene rings is 1. The molecule has 0 heterocycles. The van der Waals surface area contributed by atoms with Gasteiger partial charge in [-0.3, -0.25) is 14.4 Å². The normalized spacial score (nSPS) is 15.9. The van der Waals surface area contributed by atoms with Crippen molar-refractivity contribution in [1.82, 2.24) is 10.6 Å². The molecule has 198 valence electrons. The second kappa shape index (κ2) is 15.9. The van der Waals surface area contributed by atoms with Crippen LogP contribution in [0.15, 0.2) is 55.6 Å². The summed E-state index contributed by atoms with van der Waals surface area (Å²) in [5.74, 6) is -1.43. The van der Waals surface area contributed by atoms with Crippen LogP contribution in [0.2, 0.25) is 0 Å². The van der Waals surface area contributed by atoms with Crippen molar-refractivity contribution in [3.8, 4) is 0 Å². The van der Waals surface area contributed by atoms with E-state index in [-0.39, 0.29) is 37.4 Å². The Labute approximate surface area is 215 Å². The molecule has 1 aliphatic rings. The summed E-state index contributed by atoms with van der Waals surface area (Å²) < 4.78 is 5.49. The molecule has 1 aromatic carbocycles. The molecular formula is C29H42N2O5. The standard InChI is InChI=1S/C29H42N2O5/c1-3-5-6-10-16-27(34)36-21-25(19-23-14-8-7-9-15-23)30-28(35)24(13-4-2)20-26(33)31-29(22-32)17-11-12-18-29/h3-4,7-9,14-15,24-25,32H,1-2,5-6,10-13,16-22H2,(H,30,35)(H,31,33)/t24-,25-/m1/s1. The Morgan fingerprint density at radius 1 is 1.08 bits per heavy atom. The van der Waals surface area contributed by atoms with Crippen LogP contribution in [0.25, 0.3) is 0 Å². The lowest BCUT2D eigenvalue weighted by atomic mass is 9.95. The molecule has 1 saturated carbocycles. The zero-order valence-corrected chi connectivity index (χ0v) is 21.4. The highest BCUT2D eigenvalue weighted by molar-refractivity contribution is 5.86. The van der Waals surface area contributed by atoms with Gasteiger partial charge in [-0.25, -0.2) is 0 Å². The minimum atomic E-state index is -0.604. The van der Waals surface area contributed by atoms with Gasteiger partial charge in [-0.1, -0.05) is 55.3 Å². The van der Waals surface area contributed by atoms with Crippen LogP contribution in [0.4, 0.5) is 0 Å². The summed E-state index contributed by atoms with van der Waals surface area (Å²) in [6.07, 6.45) is 10.5. The summed E-state index contributed by atoms with van der Waals surface area (Å²) in [6.45, 7) is 7.38. The maximum absolute atomic E-state index is 13.2. The number of unbranched alkanes of at least 4 members (excludes halogenated alkanes) is 2. The maximum Gasteiger partial charge on any atom is 0.305 e. The first kappa shape index (κ1) is 29.3. The molecule has 0 saturated heterocycles. The molecule has 1 aromatic rings. The van der Waals surface area contributed by atoms with Crippen molar-refractivity contribution < 1.29 is 24.2 Å². The third-order valence-electron chi connectivity index (χ3n) is 6.68. The fraction of sp³-hybridized carbons (Fsp3) is 0.552. The fourth-order valence-corrected chi connectivity index (χ4v) is 4.62. The summed E-state index contributed by atoms with van der Waals surface area (Å²) in [6, 6.07) is 9.26. The third kappa shape index (κ3) is 10.4. The van der Waals surface area contributed by atoms with Crippen LogP contribution in [0, 0.1) is 5.92 Å². The number of nitrogens with one attached hydrogen (secondary N) is 2. The largest absolute Gasteiger partial charge is 0.463 e. The van der Waals surface area contributed by atoms with Gasteiger partial charge in [0.25, 0.3) is 0 Å². The topological polar surface area (TPSA) is 105 Å². The first-order valence-corrected chi connectivity index (χ1v) is 13.0. The van der Waals surface area contributed by atoms with Crippen molar-refractivity contribution in [2.75, 3.05) is 13.2 Å². The van der Waals surface area contributed by atoms with E-state index in [4.69, 9.17) is 4.74 Å². The quantitative estimate of drug-likeness (QED) is 0.171. The number of rotatable bonds is 17. The molecule has 0 aromatic heterocycles. The summed E-state index contributed by atoms with van der Waals surface area (Å²) in [5.41, 5.74) is 0.427. The van der Waals surface area contributed by atoms with Gasteiger partial charge in [0.1, 0.15) is 6.61 Å². The molecule has 0 spiro atoms. The van der Waals surface area contributed by atoms with Gasteiger partial charge in [-0.15, -0.1) is 13.2 Å². The van der Waals surface area contributed by atoms with Crippen LogP contribution < -0.4 is 10.6 Å². The Balaban J connectivity index is 1.99. The van der Waals surface area contributed by atoms with Crippen LogP contribution in [-0.2, 0) is 25.5 Å². The van der Waals surface area contributed by atoms with Gasteiger partial charge in [0.15, 0.2) is 0 Å². The Bertz CT molecular complexity index is 848. The van der Waals surface area contributed by atoms with E-state index in [2.05, 4.69) is 23.8 Å². The smallest absolute Gasteiger partial charge is 0.305 e. The van der Waals surface area contributed by atoms with E-state index in [0.717, 1.165) is 50.5 Å². The summed E-state index contributed by atoms with van der Waals surface area (Å²) in [4.78, 5) is 38.2. The zero-order chi connectivity index (χ0) is 26.2. The molecule has 2 atom stereocenters. The second-order valence-electron chi connectivity index (χ2n) is 9.73. The Morgan fingerprint density at radius 2 is 1.81 bits per heavy atom. The molecule has 2 rings (SSSR count). The number of aliphatic hydroxyl groups is 1. The predicted molar refractivity (Wildman–Crippen MR) is 141 cm³/mol. The number of aliphatic hydroxyl groups excluding tert-OH is 1. The number of carbonyl (C=O) groups excluding carboxylic acids is 3. The molecule has 7 nitrogen and oxygen atoms in total. The lowest BCUT2D eigenvalue weighted by Crippen LogP contribution is -2.50. The number of ether oxygens (including phenoxy) is 1. The van der Waals surface area contributed by atoms with E-state index in [1.165, 1.54) is 0 Å². The molecule has 36 heavy (non-hydrogen) atoms. The minimum Gasteiger partial charge on any atom is -0.463 e. The second-order valence-corrected chi connectivity index (χ2v) is 9.73. The third-order valence-corrected chi connectivity index (χ3v) is 6.68. The van der Waals surface area contributed by atoms with E-state index in [1.807, 2.05) is 36.4 Å². The highest BCUT2D eigenvalue weighted by atomic mass is 16.5. The molecule has 0 aliphatic heterocycles. The lowest BCUT2D eigenvalue weighted by Gasteiger charge is -2.29. The van der Waals surface area contributed by atoms with E-state index < -0.39 is 17.5 Å². The Kier molecular flexibility index (Phi) is 13.0. The molecule has 0 radical (unpaired) electrons. The van der Waals surface area contributed by atoms with Gasteiger partial charge < -0.3 is 20.5 Å². The van der Waals surface area contributed by atoms with Crippen LogP contribution in [0.1, 0.15) is 69.8 Å². The summed E-state index contributed by atoms with van der Waals surface area (Å²) in [7, 11) is 0. The highest BCUT2D eigenvalue weighted by Crippen LogP contribution is 2.29. The van der Waals surface area contributed by atoms with E-state index in [9.17, 15) is 19.5 Å². The van der Waals surface area contributed by atoms with E-state index in [1.54, 1.807) is 6.08 Å². The molecule has 0 bridgehead atoms. The van der Waals surface area contributed by atoms with Gasteiger partial charge in [-0.2, -0.15) is 0 Å². The number of amides is 2. The average molecular weight is 499 g/mol. The SMILES string of the molecule is C=CCCCCC(=O)OC[C@@H](Cc1ccccc1)NC(=O)[C@H](CC=C)CC(=O)NC1(CO)CCCC1. The summed E-state index contributed by atoms with van der Waals surface area (Å²) >= 11 is 0. The number of hydrogen-bond donors (Lipinski definition) is 3. The zero-order valence-electron chi connectivity index (χ0n) is 21.4. The van der Waals surface area contributed by atoms with Gasteiger partial charge in [0.05, 0.1) is 24.1 Å². The van der Waals surface area contributed by atoms with Crippen LogP contribution in [0.3, 0.4) is 0 Å². The fourth-order valence-electron chi connectivity index (χ4n) is 4.62. The van der Waals surface area contributed by atoms with Crippen molar-refractivity contribution in [2.45, 2.75) is 82.2 Å². The van der Waals surface area contributed by atoms with Crippen LogP contribution in [0.5, 0.6) is 0 Å². The Hall–Kier alpha value is -2.93. The van der Waals surface area contributed by atoms with Crippen molar-refractivity contribution >= 4 is 17.8 Å². The monoisotopic (exact) mass is 498 g/mol. The van der Waals surface area contributed by atoms with E-state index in [0.29, 0.717) is 19.3 Å². The summed E-state index contributed by atoms with van der Waals surface area (Å²) in [5, 5.41) is 15.8. The first-order valence-electron chi connectivity index (χ1n) is 13.0. The number of carbonyl (C=O) groups is 3. The maximum atomic E-state index is 13.2. The van der Waals surface area contributed by atoms with Crippen molar-refractivity contribution in [3.63, 3.8) is 0 Å². The van der Waals surface area contributed by atoms with E-state index >= 15 is 0 Å². The molecule has 0 unspecified atom stereocenters. The lowest BCUT2D eigenvalue weighted by molar-refractivity contribution is -0.145. The van der Waals surface area contributed by atoms with Gasteiger partial charge in [0, 0.05) is 12.8 Å². The van der Waals surface area contributed by atoms with Crippen LogP contribution >= 0.6 is 0 Å². The van der Waals surface area contributed by atoms with Gasteiger partial charge in [0.2, 0.25) is 11.8 Å². The van der Waals surface area contributed by atoms with Crippen molar-refractivity contribution in [3.05, 3.63) is 61.2 Å². The molecule has 7 heteroatoms. The van der Waals surface area contributed by atoms with Crippen molar-refractivity contribution in [2.24, 2.45) is 5.92 Å². The number of allylic oxidation sites excluding steroid dienone is 2. The average Bonchev–Trinajstić information content (AvgIpc) is 3.34. The van der Waals surface area contributed by atoms with Crippen LogP contribution in [-0.4, -0.2) is 47.7 Å².